The molecule has 1 unspecified atom stereocenters. The van der Waals surface area contributed by atoms with Crippen molar-refractivity contribution in [1.29, 1.82) is 0 Å². The minimum atomic E-state index is -0.331. The van der Waals surface area contributed by atoms with Crippen molar-refractivity contribution in [3.05, 3.63) is 39.4 Å². The molecule has 0 radical (unpaired) electrons. The van der Waals surface area contributed by atoms with Crippen LogP contribution in [0.4, 0.5) is 0 Å². The summed E-state index contributed by atoms with van der Waals surface area (Å²) < 4.78 is 3.46. The van der Waals surface area contributed by atoms with Gasteiger partial charge in [0, 0.05) is 23.5 Å². The van der Waals surface area contributed by atoms with E-state index in [1.165, 1.54) is 9.09 Å². The van der Waals surface area contributed by atoms with Crippen LogP contribution in [-0.4, -0.2) is 16.0 Å². The van der Waals surface area contributed by atoms with Crippen LogP contribution >= 0.6 is 34.6 Å². The van der Waals surface area contributed by atoms with E-state index >= 15 is 0 Å². The van der Waals surface area contributed by atoms with Crippen LogP contribution in [0.25, 0.3) is 0 Å². The monoisotopic (exact) mass is 269 g/mol. The summed E-state index contributed by atoms with van der Waals surface area (Å²) in [6.07, 6.45) is -0.331. The van der Waals surface area contributed by atoms with E-state index in [-0.39, 0.29) is 6.10 Å². The third kappa shape index (κ3) is 2.06. The van der Waals surface area contributed by atoms with Crippen molar-refractivity contribution in [2.24, 2.45) is 0 Å². The van der Waals surface area contributed by atoms with E-state index in [1.54, 1.807) is 34.6 Å². The molecule has 0 aromatic carbocycles. The molecular weight excluding hydrogens is 258 g/mol. The number of aliphatic hydroxyl groups is 1. The molecule has 0 saturated carbocycles. The lowest BCUT2D eigenvalue weighted by Gasteiger charge is -2.28. The van der Waals surface area contributed by atoms with E-state index < -0.39 is 0 Å². The van der Waals surface area contributed by atoms with Crippen molar-refractivity contribution in [2.45, 2.75) is 16.9 Å². The van der Waals surface area contributed by atoms with Crippen LogP contribution in [-0.2, 0) is 6.54 Å². The Hall–Kier alpha value is -0.330. The SMILES string of the molecule is OC1CN(Cc2cccs2)Sc2sccc21. The van der Waals surface area contributed by atoms with Gasteiger partial charge in [0.15, 0.2) is 0 Å². The number of hydrogen-bond acceptors (Lipinski definition) is 5. The first-order chi connectivity index (χ1) is 7.83. The van der Waals surface area contributed by atoms with Gasteiger partial charge >= 0.3 is 0 Å². The average Bonchev–Trinajstić information content (AvgIpc) is 2.87. The Kier molecular flexibility index (Phi) is 3.04. The second kappa shape index (κ2) is 4.50. The summed E-state index contributed by atoms with van der Waals surface area (Å²) in [4.78, 5) is 1.35. The van der Waals surface area contributed by atoms with Gasteiger partial charge in [-0.3, -0.25) is 0 Å². The maximum absolute atomic E-state index is 10.0. The minimum absolute atomic E-state index is 0.331. The first-order valence-electron chi connectivity index (χ1n) is 5.03. The summed E-state index contributed by atoms with van der Waals surface area (Å²) in [5, 5.41) is 14.1. The third-order valence-electron chi connectivity index (χ3n) is 2.52. The first-order valence-corrected chi connectivity index (χ1v) is 7.57. The van der Waals surface area contributed by atoms with Gasteiger partial charge in [0.25, 0.3) is 0 Å². The van der Waals surface area contributed by atoms with E-state index in [1.807, 2.05) is 6.07 Å². The first kappa shape index (κ1) is 10.8. The van der Waals surface area contributed by atoms with Gasteiger partial charge < -0.3 is 5.11 Å². The molecule has 0 amide bonds. The molecular formula is C11H11NOS3. The lowest BCUT2D eigenvalue weighted by atomic mass is 10.2. The molecule has 0 aliphatic carbocycles. The number of nitrogens with zero attached hydrogens (tertiary/aromatic N) is 1. The van der Waals surface area contributed by atoms with E-state index in [9.17, 15) is 5.11 Å². The number of fused-ring (bicyclic) bond motifs is 1. The fourth-order valence-corrected chi connectivity index (χ4v) is 4.84. The smallest absolute Gasteiger partial charge is 0.0946 e. The highest BCUT2D eigenvalue weighted by atomic mass is 32.2. The van der Waals surface area contributed by atoms with Crippen molar-refractivity contribution in [1.82, 2.24) is 4.31 Å². The summed E-state index contributed by atoms with van der Waals surface area (Å²) in [5.41, 5.74) is 1.09. The summed E-state index contributed by atoms with van der Waals surface area (Å²) in [7, 11) is 0. The van der Waals surface area contributed by atoms with Crippen molar-refractivity contribution in [3.63, 3.8) is 0 Å². The summed E-state index contributed by atoms with van der Waals surface area (Å²) in [6, 6.07) is 6.24. The molecule has 0 fully saturated rings. The number of aliphatic hydroxyl groups excluding tert-OH is 1. The van der Waals surface area contributed by atoms with Crippen LogP contribution in [0.2, 0.25) is 0 Å². The molecule has 2 aromatic heterocycles. The molecule has 1 aliphatic heterocycles. The highest BCUT2D eigenvalue weighted by molar-refractivity contribution is 7.99. The number of thiophene rings is 2. The molecule has 2 aromatic rings. The fraction of sp³-hybridized carbons (Fsp3) is 0.273. The topological polar surface area (TPSA) is 23.5 Å². The van der Waals surface area contributed by atoms with Crippen molar-refractivity contribution in [3.8, 4) is 0 Å². The fourth-order valence-electron chi connectivity index (χ4n) is 1.75. The van der Waals surface area contributed by atoms with Crippen molar-refractivity contribution in [2.75, 3.05) is 6.54 Å². The molecule has 0 bridgehead atoms. The molecule has 1 atom stereocenters. The minimum Gasteiger partial charge on any atom is -0.387 e. The van der Waals surface area contributed by atoms with Gasteiger partial charge in [0.2, 0.25) is 0 Å². The molecule has 1 N–H and O–H groups in total. The van der Waals surface area contributed by atoms with Crippen molar-refractivity contribution >= 4 is 34.6 Å². The van der Waals surface area contributed by atoms with Gasteiger partial charge in [-0.05, 0) is 34.8 Å². The normalized spacial score (nSPS) is 20.9. The number of hydrogen-bond donors (Lipinski definition) is 1. The molecule has 2 nitrogen and oxygen atoms in total. The van der Waals surface area contributed by atoms with E-state index in [4.69, 9.17) is 0 Å². The molecule has 3 rings (SSSR count). The Morgan fingerprint density at radius 1 is 1.31 bits per heavy atom. The quantitative estimate of drug-likeness (QED) is 0.846. The Labute approximate surface area is 107 Å². The zero-order valence-electron chi connectivity index (χ0n) is 8.50. The zero-order chi connectivity index (χ0) is 11.0. The lowest BCUT2D eigenvalue weighted by Crippen LogP contribution is -2.25. The van der Waals surface area contributed by atoms with Crippen molar-refractivity contribution < 1.29 is 5.11 Å². The molecule has 84 valence electrons. The molecule has 0 saturated heterocycles. The average molecular weight is 269 g/mol. The van der Waals surface area contributed by atoms with Crippen LogP contribution in [0, 0.1) is 0 Å². The Morgan fingerprint density at radius 2 is 2.25 bits per heavy atom. The van der Waals surface area contributed by atoms with Crippen LogP contribution < -0.4 is 0 Å². The summed E-state index contributed by atoms with van der Waals surface area (Å²) in [5.74, 6) is 0. The van der Waals surface area contributed by atoms with Gasteiger partial charge in [0.1, 0.15) is 0 Å². The highest BCUT2D eigenvalue weighted by Crippen LogP contribution is 2.41. The van der Waals surface area contributed by atoms with Gasteiger partial charge in [-0.25, -0.2) is 4.31 Å². The Balaban J connectivity index is 1.76. The zero-order valence-corrected chi connectivity index (χ0v) is 10.9. The summed E-state index contributed by atoms with van der Waals surface area (Å²) in [6.45, 7) is 1.63. The van der Waals surface area contributed by atoms with E-state index in [0.717, 1.165) is 12.1 Å². The second-order valence-corrected chi connectivity index (χ2v) is 6.99. The van der Waals surface area contributed by atoms with Gasteiger partial charge in [-0.15, -0.1) is 22.7 Å². The Bertz CT molecular complexity index is 465. The van der Waals surface area contributed by atoms with Crippen LogP contribution in [0.1, 0.15) is 16.5 Å². The van der Waals surface area contributed by atoms with Crippen LogP contribution in [0.3, 0.4) is 0 Å². The summed E-state index contributed by atoms with van der Waals surface area (Å²) >= 11 is 5.24. The molecule has 0 spiro atoms. The predicted octanol–water partition coefficient (Wildman–Crippen LogP) is 3.37. The van der Waals surface area contributed by atoms with Crippen LogP contribution in [0.5, 0.6) is 0 Å². The lowest BCUT2D eigenvalue weighted by molar-refractivity contribution is 0.144. The maximum Gasteiger partial charge on any atom is 0.0946 e. The van der Waals surface area contributed by atoms with E-state index in [0.29, 0.717) is 6.54 Å². The third-order valence-corrected chi connectivity index (χ3v) is 5.55. The molecule has 1 aliphatic rings. The number of rotatable bonds is 2. The predicted molar refractivity (Wildman–Crippen MR) is 69.9 cm³/mol. The standard InChI is InChI=1S/C11H11NOS3/c13-10-7-12(6-8-2-1-4-14-8)16-11-9(10)3-5-15-11/h1-5,10,13H,6-7H2. The molecule has 5 heteroatoms. The Morgan fingerprint density at radius 3 is 3.06 bits per heavy atom. The van der Waals surface area contributed by atoms with Crippen LogP contribution in [0.15, 0.2) is 33.2 Å². The van der Waals surface area contributed by atoms with E-state index in [2.05, 4.69) is 27.2 Å². The maximum atomic E-state index is 10.0. The highest BCUT2D eigenvalue weighted by Gasteiger charge is 2.25. The molecule has 16 heavy (non-hydrogen) atoms. The molecule has 3 heterocycles. The number of β-amino-alcohol motifs (C(OH)–C–C–N with tert-alkyl or cyclic N) is 1. The largest absolute Gasteiger partial charge is 0.387 e. The second-order valence-electron chi connectivity index (χ2n) is 3.67. The van der Waals surface area contributed by atoms with Gasteiger partial charge in [-0.2, -0.15) is 0 Å². The van der Waals surface area contributed by atoms with Gasteiger partial charge in [0.05, 0.1) is 10.3 Å². The van der Waals surface area contributed by atoms with Gasteiger partial charge in [-0.1, -0.05) is 6.07 Å².